The molecule has 1 atom stereocenters. The first-order valence-electron chi connectivity index (χ1n) is 5.94. The third-order valence-electron chi connectivity index (χ3n) is 2.80. The molecule has 0 aromatic carbocycles. The van der Waals surface area contributed by atoms with Crippen LogP contribution in [0.1, 0.15) is 18.4 Å². The Morgan fingerprint density at radius 2 is 2.50 bits per heavy atom. The number of nitrogens with one attached hydrogen (secondary N) is 2. The number of rotatable bonds is 3. The first-order chi connectivity index (χ1) is 8.65. The molecule has 0 spiro atoms. The van der Waals surface area contributed by atoms with Crippen molar-refractivity contribution in [2.24, 2.45) is 0 Å². The van der Waals surface area contributed by atoms with E-state index in [-0.39, 0.29) is 6.10 Å². The Kier molecular flexibility index (Phi) is 4.74. The minimum absolute atomic E-state index is 0.268. The van der Waals surface area contributed by atoms with Gasteiger partial charge in [-0.2, -0.15) is 0 Å². The maximum absolute atomic E-state index is 5.91. The van der Waals surface area contributed by atoms with Crippen LogP contribution in [-0.2, 0) is 4.74 Å². The van der Waals surface area contributed by atoms with E-state index in [1.54, 1.807) is 6.20 Å². The molecule has 1 aliphatic rings. The van der Waals surface area contributed by atoms with Gasteiger partial charge in [0.1, 0.15) is 5.82 Å². The SMILES string of the molecule is Cc1cc(NC(=S)NCC2CCCO2)ncc1Cl. The molecule has 2 N–H and O–H groups in total. The van der Waals surface area contributed by atoms with Gasteiger partial charge in [-0.3, -0.25) is 0 Å². The molecule has 2 rings (SSSR count). The van der Waals surface area contributed by atoms with Crippen LogP contribution in [0.15, 0.2) is 12.3 Å². The van der Waals surface area contributed by atoms with Gasteiger partial charge in [-0.15, -0.1) is 0 Å². The predicted octanol–water partition coefficient (Wildman–Crippen LogP) is 2.51. The smallest absolute Gasteiger partial charge is 0.172 e. The van der Waals surface area contributed by atoms with Gasteiger partial charge in [0.25, 0.3) is 0 Å². The quantitative estimate of drug-likeness (QED) is 0.836. The molecule has 4 nitrogen and oxygen atoms in total. The van der Waals surface area contributed by atoms with E-state index in [0.29, 0.717) is 16.0 Å². The largest absolute Gasteiger partial charge is 0.376 e. The van der Waals surface area contributed by atoms with Crippen LogP contribution >= 0.6 is 23.8 Å². The number of hydrogen-bond donors (Lipinski definition) is 2. The zero-order chi connectivity index (χ0) is 13.0. The van der Waals surface area contributed by atoms with Crippen LogP contribution in [0.25, 0.3) is 0 Å². The third-order valence-corrected chi connectivity index (χ3v) is 3.44. The minimum Gasteiger partial charge on any atom is -0.376 e. The third kappa shape index (κ3) is 3.80. The highest BCUT2D eigenvalue weighted by atomic mass is 35.5. The molecule has 98 valence electrons. The van der Waals surface area contributed by atoms with Crippen molar-refractivity contribution in [3.63, 3.8) is 0 Å². The number of aromatic nitrogens is 1. The molecule has 0 amide bonds. The van der Waals surface area contributed by atoms with Crippen LogP contribution in [0.5, 0.6) is 0 Å². The molecule has 18 heavy (non-hydrogen) atoms. The minimum atomic E-state index is 0.268. The number of nitrogens with zero attached hydrogens (tertiary/aromatic N) is 1. The number of pyridine rings is 1. The molecule has 0 aliphatic carbocycles. The Hall–Kier alpha value is -0.910. The average molecular weight is 286 g/mol. The summed E-state index contributed by atoms with van der Waals surface area (Å²) in [6.45, 7) is 3.51. The molecular weight excluding hydrogens is 270 g/mol. The summed E-state index contributed by atoms with van der Waals surface area (Å²) < 4.78 is 5.51. The Morgan fingerprint density at radius 1 is 1.67 bits per heavy atom. The molecule has 0 saturated carbocycles. The van der Waals surface area contributed by atoms with E-state index < -0.39 is 0 Å². The number of halogens is 1. The van der Waals surface area contributed by atoms with Gasteiger partial charge in [0.2, 0.25) is 0 Å². The van der Waals surface area contributed by atoms with Crippen LogP contribution in [0.4, 0.5) is 5.82 Å². The number of aryl methyl sites for hydroxylation is 1. The lowest BCUT2D eigenvalue weighted by Crippen LogP contribution is -2.35. The second-order valence-corrected chi connectivity index (χ2v) is 5.10. The Balaban J connectivity index is 1.80. The van der Waals surface area contributed by atoms with Crippen molar-refractivity contribution in [2.45, 2.75) is 25.9 Å². The van der Waals surface area contributed by atoms with Gasteiger partial charge in [0, 0.05) is 19.3 Å². The number of ether oxygens (including phenoxy) is 1. The molecule has 1 unspecified atom stereocenters. The van der Waals surface area contributed by atoms with Crippen LogP contribution in [-0.4, -0.2) is 29.4 Å². The number of hydrogen-bond acceptors (Lipinski definition) is 3. The zero-order valence-electron chi connectivity index (χ0n) is 10.2. The van der Waals surface area contributed by atoms with E-state index in [2.05, 4.69) is 15.6 Å². The highest BCUT2D eigenvalue weighted by Gasteiger charge is 2.15. The monoisotopic (exact) mass is 285 g/mol. The second-order valence-electron chi connectivity index (χ2n) is 4.29. The molecule has 2 heterocycles. The summed E-state index contributed by atoms with van der Waals surface area (Å²) in [6, 6.07) is 1.86. The summed E-state index contributed by atoms with van der Waals surface area (Å²) in [5.74, 6) is 0.696. The fourth-order valence-corrected chi connectivity index (χ4v) is 2.07. The van der Waals surface area contributed by atoms with Gasteiger partial charge in [0.05, 0.1) is 11.1 Å². The summed E-state index contributed by atoms with van der Waals surface area (Å²) in [6.07, 6.45) is 4.10. The van der Waals surface area contributed by atoms with Crippen molar-refractivity contribution < 1.29 is 4.74 Å². The lowest BCUT2D eigenvalue weighted by atomic mass is 10.2. The van der Waals surface area contributed by atoms with Crippen LogP contribution in [0, 0.1) is 6.92 Å². The molecule has 1 aromatic rings. The molecule has 0 bridgehead atoms. The molecule has 0 radical (unpaired) electrons. The van der Waals surface area contributed by atoms with Crippen molar-refractivity contribution >= 4 is 34.7 Å². The van der Waals surface area contributed by atoms with Crippen LogP contribution in [0.2, 0.25) is 5.02 Å². The van der Waals surface area contributed by atoms with Crippen molar-refractivity contribution in [1.82, 2.24) is 10.3 Å². The summed E-state index contributed by atoms with van der Waals surface area (Å²) in [5, 5.41) is 7.37. The lowest BCUT2D eigenvalue weighted by molar-refractivity contribution is 0.114. The normalized spacial score (nSPS) is 18.7. The van der Waals surface area contributed by atoms with Gasteiger partial charge in [-0.1, -0.05) is 11.6 Å². The zero-order valence-corrected chi connectivity index (χ0v) is 11.8. The molecule has 1 saturated heterocycles. The van der Waals surface area contributed by atoms with Crippen LogP contribution < -0.4 is 10.6 Å². The van der Waals surface area contributed by atoms with Gasteiger partial charge >= 0.3 is 0 Å². The molecule has 1 aliphatic heterocycles. The first kappa shape index (κ1) is 13.5. The maximum atomic E-state index is 5.91. The summed E-state index contributed by atoms with van der Waals surface area (Å²) in [7, 11) is 0. The molecule has 1 aromatic heterocycles. The second kappa shape index (κ2) is 6.31. The topological polar surface area (TPSA) is 46.2 Å². The average Bonchev–Trinajstić information content (AvgIpc) is 2.84. The summed E-state index contributed by atoms with van der Waals surface area (Å²) >= 11 is 11.1. The van der Waals surface area contributed by atoms with E-state index in [4.69, 9.17) is 28.6 Å². The number of anilines is 1. The van der Waals surface area contributed by atoms with Crippen molar-refractivity contribution in [1.29, 1.82) is 0 Å². The fraction of sp³-hybridized carbons (Fsp3) is 0.500. The highest BCUT2D eigenvalue weighted by molar-refractivity contribution is 7.80. The Morgan fingerprint density at radius 3 is 3.17 bits per heavy atom. The van der Waals surface area contributed by atoms with Crippen molar-refractivity contribution in [3.8, 4) is 0 Å². The van der Waals surface area contributed by atoms with Gasteiger partial charge in [-0.05, 0) is 43.6 Å². The lowest BCUT2D eigenvalue weighted by Gasteiger charge is -2.13. The van der Waals surface area contributed by atoms with E-state index in [0.717, 1.165) is 31.6 Å². The van der Waals surface area contributed by atoms with Crippen molar-refractivity contribution in [3.05, 3.63) is 22.8 Å². The van der Waals surface area contributed by atoms with E-state index >= 15 is 0 Å². The Labute approximate surface area is 117 Å². The van der Waals surface area contributed by atoms with Gasteiger partial charge in [-0.25, -0.2) is 4.98 Å². The van der Waals surface area contributed by atoms with E-state index in [9.17, 15) is 0 Å². The maximum Gasteiger partial charge on any atom is 0.172 e. The first-order valence-corrected chi connectivity index (χ1v) is 6.72. The van der Waals surface area contributed by atoms with Gasteiger partial charge in [0.15, 0.2) is 5.11 Å². The predicted molar refractivity (Wildman–Crippen MR) is 77.2 cm³/mol. The summed E-state index contributed by atoms with van der Waals surface area (Å²) in [4.78, 5) is 4.16. The molecular formula is C12H16ClN3OS. The standard InChI is InChI=1S/C12H16ClN3OS/c1-8-5-11(14-7-10(8)13)16-12(18)15-6-9-3-2-4-17-9/h5,7,9H,2-4,6H2,1H3,(H2,14,15,16,18). The van der Waals surface area contributed by atoms with Gasteiger partial charge < -0.3 is 15.4 Å². The summed E-state index contributed by atoms with van der Waals surface area (Å²) in [5.41, 5.74) is 0.969. The molecule has 1 fully saturated rings. The molecule has 6 heteroatoms. The van der Waals surface area contributed by atoms with E-state index in [1.165, 1.54) is 0 Å². The van der Waals surface area contributed by atoms with E-state index in [1.807, 2.05) is 13.0 Å². The van der Waals surface area contributed by atoms with Crippen molar-refractivity contribution in [2.75, 3.05) is 18.5 Å². The number of thiocarbonyl (C=S) groups is 1. The Bertz CT molecular complexity index is 435. The van der Waals surface area contributed by atoms with Crippen LogP contribution in [0.3, 0.4) is 0 Å². The fourth-order valence-electron chi connectivity index (χ4n) is 1.78. The highest BCUT2D eigenvalue weighted by Crippen LogP contribution is 2.16.